The minimum Gasteiger partial charge on any atom is -0.480 e. The second-order valence-corrected chi connectivity index (χ2v) is 8.94. The van der Waals surface area contributed by atoms with Gasteiger partial charge in [-0.3, -0.25) is 9.79 Å². The number of rotatable bonds is 10. The van der Waals surface area contributed by atoms with E-state index in [4.69, 9.17) is 15.6 Å². The van der Waals surface area contributed by atoms with Crippen LogP contribution in [0, 0.1) is 0 Å². The molecule has 38 heavy (non-hydrogen) atoms. The minimum absolute atomic E-state index is 0.00153. The Morgan fingerprint density at radius 2 is 1.47 bits per heavy atom. The lowest BCUT2D eigenvalue weighted by Gasteiger charge is -2.17. The topological polar surface area (TPSA) is 142 Å². The van der Waals surface area contributed by atoms with Gasteiger partial charge in [0.2, 0.25) is 0 Å². The number of carbonyl (C=O) groups excluding carboxylic acids is 1. The fourth-order valence-electron chi connectivity index (χ4n) is 3.39. The number of aliphatic carboxylic acids is 2. The van der Waals surface area contributed by atoms with Crippen LogP contribution in [0.1, 0.15) is 44.4 Å². The smallest absolute Gasteiger partial charge is 0.480 e. The molecule has 0 radical (unpaired) electrons. The van der Waals surface area contributed by atoms with Gasteiger partial charge in [-0.15, -0.1) is 11.3 Å². The average Bonchev–Trinajstić information content (AvgIpc) is 3.37. The van der Waals surface area contributed by atoms with E-state index in [0.717, 1.165) is 16.0 Å². The van der Waals surface area contributed by atoms with Crippen molar-refractivity contribution >= 4 is 35.5 Å². The fourth-order valence-corrected chi connectivity index (χ4v) is 4.46. The normalized spacial score (nSPS) is 12.0. The van der Waals surface area contributed by atoms with Gasteiger partial charge in [0.1, 0.15) is 6.04 Å². The number of halogens is 3. The lowest BCUT2D eigenvalue weighted by atomic mass is 9.90. The number of hydrogen-bond donors (Lipinski definition) is 4. The number of thiophene rings is 1. The molecule has 0 aliphatic rings. The Morgan fingerprint density at radius 1 is 0.947 bits per heavy atom. The van der Waals surface area contributed by atoms with Gasteiger partial charge in [0.15, 0.2) is 0 Å². The summed E-state index contributed by atoms with van der Waals surface area (Å²) in [7, 11) is 0. The molecule has 0 saturated heterocycles. The maximum atomic E-state index is 12.7. The molecule has 0 aliphatic carbocycles. The van der Waals surface area contributed by atoms with Crippen LogP contribution in [0.4, 0.5) is 13.2 Å². The highest BCUT2D eigenvalue weighted by Gasteiger charge is 2.38. The summed E-state index contributed by atoms with van der Waals surface area (Å²) in [5.74, 6) is -4.20. The number of benzene rings is 2. The molecule has 12 heteroatoms. The third-order valence-corrected chi connectivity index (χ3v) is 6.28. The summed E-state index contributed by atoms with van der Waals surface area (Å²) in [6, 6.07) is 23.0. The molecular formula is C26H26F3N3O5S. The molecule has 1 amide bonds. The zero-order valence-electron chi connectivity index (χ0n) is 20.0. The number of alkyl halides is 3. The van der Waals surface area contributed by atoms with Crippen LogP contribution in [0.25, 0.3) is 0 Å². The lowest BCUT2D eigenvalue weighted by molar-refractivity contribution is -0.192. The van der Waals surface area contributed by atoms with E-state index in [1.54, 1.807) is 6.07 Å². The molecule has 5 N–H and O–H groups in total. The van der Waals surface area contributed by atoms with Gasteiger partial charge in [-0.25, -0.2) is 9.59 Å². The van der Waals surface area contributed by atoms with Crippen LogP contribution in [-0.2, 0) is 9.59 Å². The van der Waals surface area contributed by atoms with E-state index in [1.165, 1.54) is 17.7 Å². The van der Waals surface area contributed by atoms with Crippen LogP contribution in [0.15, 0.2) is 77.8 Å². The summed E-state index contributed by atoms with van der Waals surface area (Å²) >= 11 is 1.38. The second kappa shape index (κ2) is 14.5. The number of aliphatic imine (C=N–C) groups is 1. The molecule has 3 aromatic rings. The van der Waals surface area contributed by atoms with Gasteiger partial charge in [-0.2, -0.15) is 13.2 Å². The van der Waals surface area contributed by atoms with Crippen molar-refractivity contribution in [3.63, 3.8) is 0 Å². The van der Waals surface area contributed by atoms with Crippen LogP contribution in [0.5, 0.6) is 0 Å². The van der Waals surface area contributed by atoms with Crippen LogP contribution in [0.3, 0.4) is 0 Å². The second-order valence-electron chi connectivity index (χ2n) is 7.82. The molecule has 1 atom stereocenters. The van der Waals surface area contributed by atoms with Gasteiger partial charge in [-0.05, 0) is 36.1 Å². The standard InChI is InChI=1S/C24H25N3O3S.C2HF3O2/c25-16-26-15-7-12-19(24(29)30)27-23(28)21-14-13-20(31-21)22(17-8-3-1-4-9-17)18-10-5-2-6-11-18;3-2(4,5)1(6)7/h1-6,8-11,13-14,16,19,22H,7,12,15H2,(H2,25,26)(H,27,28)(H,29,30);(H,6,7)/t19-;/m0./s1. The number of carbonyl (C=O) groups is 3. The Bertz CT molecular complexity index is 1180. The van der Waals surface area contributed by atoms with Crippen molar-refractivity contribution in [2.45, 2.75) is 31.0 Å². The van der Waals surface area contributed by atoms with Crippen molar-refractivity contribution in [2.24, 2.45) is 10.7 Å². The van der Waals surface area contributed by atoms with Crippen LogP contribution >= 0.6 is 11.3 Å². The maximum Gasteiger partial charge on any atom is 0.490 e. The molecule has 2 aromatic carbocycles. The molecule has 202 valence electrons. The average molecular weight is 550 g/mol. The largest absolute Gasteiger partial charge is 0.490 e. The molecule has 0 spiro atoms. The Hall–Kier alpha value is -4.19. The van der Waals surface area contributed by atoms with Crippen molar-refractivity contribution in [3.05, 3.63) is 93.7 Å². The predicted octanol–water partition coefficient (Wildman–Crippen LogP) is 4.51. The molecule has 3 rings (SSSR count). The van der Waals surface area contributed by atoms with Gasteiger partial charge in [0.25, 0.3) is 5.91 Å². The van der Waals surface area contributed by atoms with E-state index >= 15 is 0 Å². The number of carboxylic acid groups (broad SMARTS) is 2. The van der Waals surface area contributed by atoms with Crippen molar-refractivity contribution in [3.8, 4) is 0 Å². The van der Waals surface area contributed by atoms with Gasteiger partial charge in [-0.1, -0.05) is 60.7 Å². The summed E-state index contributed by atoms with van der Waals surface area (Å²) in [6.07, 6.45) is -3.09. The minimum atomic E-state index is -5.08. The van der Waals surface area contributed by atoms with Gasteiger partial charge in [0, 0.05) is 17.3 Å². The van der Waals surface area contributed by atoms with Crippen LogP contribution in [0.2, 0.25) is 0 Å². The number of nitrogens with zero attached hydrogens (tertiary/aromatic N) is 1. The lowest BCUT2D eigenvalue weighted by Crippen LogP contribution is -2.40. The van der Waals surface area contributed by atoms with Gasteiger partial charge in [0.05, 0.1) is 11.2 Å². The first kappa shape index (κ1) is 30.0. The summed E-state index contributed by atoms with van der Waals surface area (Å²) in [4.78, 5) is 38.6. The molecule has 0 bridgehead atoms. The van der Waals surface area contributed by atoms with Crippen LogP contribution in [-0.4, -0.2) is 53.2 Å². The zero-order valence-corrected chi connectivity index (χ0v) is 20.8. The van der Waals surface area contributed by atoms with E-state index in [9.17, 15) is 27.9 Å². The number of nitrogens with one attached hydrogen (secondary N) is 1. The first-order valence-corrected chi connectivity index (χ1v) is 12.1. The van der Waals surface area contributed by atoms with Crippen molar-refractivity contribution in [1.29, 1.82) is 0 Å². The predicted molar refractivity (Wildman–Crippen MR) is 138 cm³/mol. The SMILES string of the molecule is NC=NCCC[C@H](NC(=O)c1ccc(C(c2ccccc2)c2ccccc2)s1)C(=O)O.O=C(O)C(F)(F)F. The Balaban J connectivity index is 0.000000638. The third-order valence-electron chi connectivity index (χ3n) is 5.13. The van der Waals surface area contributed by atoms with E-state index < -0.39 is 24.2 Å². The summed E-state index contributed by atoms with van der Waals surface area (Å²) in [6.45, 7) is 0.426. The molecule has 8 nitrogen and oxygen atoms in total. The Morgan fingerprint density at radius 3 is 1.92 bits per heavy atom. The van der Waals surface area contributed by atoms with Gasteiger partial charge >= 0.3 is 18.1 Å². The quantitative estimate of drug-likeness (QED) is 0.167. The first-order chi connectivity index (χ1) is 18.0. The molecule has 0 saturated carbocycles. The van der Waals surface area contributed by atoms with Crippen LogP contribution < -0.4 is 11.1 Å². The van der Waals surface area contributed by atoms with E-state index in [1.807, 2.05) is 42.5 Å². The molecule has 0 fully saturated rings. The Labute approximate surface area is 220 Å². The van der Waals surface area contributed by atoms with E-state index in [0.29, 0.717) is 17.8 Å². The summed E-state index contributed by atoms with van der Waals surface area (Å²) in [5, 5.41) is 19.2. The van der Waals surface area contributed by atoms with Crippen molar-refractivity contribution < 1.29 is 37.8 Å². The maximum absolute atomic E-state index is 12.7. The number of nitrogens with two attached hydrogens (primary N) is 1. The van der Waals surface area contributed by atoms with Crippen molar-refractivity contribution in [2.75, 3.05) is 6.54 Å². The number of hydrogen-bond acceptors (Lipinski definition) is 5. The zero-order chi connectivity index (χ0) is 28.1. The summed E-state index contributed by atoms with van der Waals surface area (Å²) < 4.78 is 31.7. The summed E-state index contributed by atoms with van der Waals surface area (Å²) in [5.41, 5.74) is 7.46. The van der Waals surface area contributed by atoms with Crippen molar-refractivity contribution in [1.82, 2.24) is 5.32 Å². The molecule has 0 unspecified atom stereocenters. The highest BCUT2D eigenvalue weighted by atomic mass is 32.1. The molecule has 1 heterocycles. The molecular weight excluding hydrogens is 523 g/mol. The van der Waals surface area contributed by atoms with E-state index in [2.05, 4.69) is 34.6 Å². The molecule has 1 aromatic heterocycles. The highest BCUT2D eigenvalue weighted by molar-refractivity contribution is 7.14. The van der Waals surface area contributed by atoms with E-state index in [-0.39, 0.29) is 18.2 Å². The van der Waals surface area contributed by atoms with Gasteiger partial charge < -0.3 is 21.3 Å². The number of carboxylic acids is 2. The first-order valence-electron chi connectivity index (χ1n) is 11.3. The molecule has 0 aliphatic heterocycles. The number of amides is 1. The fraction of sp³-hybridized carbons (Fsp3) is 0.231. The highest BCUT2D eigenvalue weighted by Crippen LogP contribution is 2.36. The monoisotopic (exact) mass is 549 g/mol. The third kappa shape index (κ3) is 9.36. The Kier molecular flexibility index (Phi) is 11.5.